The van der Waals surface area contributed by atoms with E-state index in [1.807, 2.05) is 38.1 Å². The molecule has 0 aromatic heterocycles. The van der Waals surface area contributed by atoms with Crippen LogP contribution in [0.2, 0.25) is 0 Å². The third-order valence-corrected chi connectivity index (χ3v) is 8.31. The molecule has 0 aliphatic heterocycles. The van der Waals surface area contributed by atoms with Crippen LogP contribution in [0.5, 0.6) is 23.0 Å². The molecule has 6 aromatic rings. The molecule has 0 atom stereocenters. The van der Waals surface area contributed by atoms with E-state index in [2.05, 4.69) is 36.4 Å². The van der Waals surface area contributed by atoms with Crippen LogP contribution in [0.4, 0.5) is 0 Å². The highest BCUT2D eigenvalue weighted by Gasteiger charge is 2.47. The molecule has 0 saturated heterocycles. The lowest BCUT2D eigenvalue weighted by molar-refractivity contribution is 0.403. The fraction of sp³-hybridized carbons (Fsp3) is 0.0811. The van der Waals surface area contributed by atoms with E-state index in [1.54, 1.807) is 24.3 Å². The van der Waals surface area contributed by atoms with E-state index >= 15 is 0 Å². The lowest BCUT2D eigenvalue weighted by Gasteiger charge is -2.27. The molecule has 0 amide bonds. The molecule has 210 valence electrons. The molecule has 0 bridgehead atoms. The molecule has 0 heterocycles. The number of hydrogen-bond acceptors (Lipinski definition) is 6. The van der Waals surface area contributed by atoms with Crippen molar-refractivity contribution >= 4 is 34.0 Å². The molecule has 0 unspecified atom stereocenters. The number of aryl methyl sites for hydroxylation is 2. The van der Waals surface area contributed by atoms with Crippen LogP contribution in [0, 0.1) is 13.8 Å². The molecule has 43 heavy (non-hydrogen) atoms. The van der Waals surface area contributed by atoms with Gasteiger partial charge in [0.15, 0.2) is 23.0 Å². The van der Waals surface area contributed by atoms with E-state index in [1.165, 1.54) is 24.6 Å². The van der Waals surface area contributed by atoms with E-state index in [-0.39, 0.29) is 23.0 Å². The third kappa shape index (κ3) is 3.95. The first-order valence-electron chi connectivity index (χ1n) is 14.0. The highest BCUT2D eigenvalue weighted by molar-refractivity contribution is 6.12. The van der Waals surface area contributed by atoms with Crippen LogP contribution in [-0.2, 0) is 5.66 Å². The Morgan fingerprint density at radius 1 is 0.535 bits per heavy atom. The van der Waals surface area contributed by atoms with Crippen molar-refractivity contribution in [3.63, 3.8) is 0 Å². The zero-order valence-electron chi connectivity index (χ0n) is 23.6. The summed E-state index contributed by atoms with van der Waals surface area (Å²) in [7, 11) is 0. The van der Waals surface area contributed by atoms with E-state index < -0.39 is 5.66 Å². The van der Waals surface area contributed by atoms with Gasteiger partial charge in [0.2, 0.25) is 5.66 Å². The van der Waals surface area contributed by atoms with Gasteiger partial charge >= 0.3 is 0 Å². The van der Waals surface area contributed by atoms with Crippen LogP contribution < -0.4 is 0 Å². The predicted octanol–water partition coefficient (Wildman–Crippen LogP) is 7.85. The second-order valence-corrected chi connectivity index (χ2v) is 10.9. The number of para-hydroxylation sites is 2. The van der Waals surface area contributed by atoms with Gasteiger partial charge in [-0.1, -0.05) is 72.8 Å². The first-order valence-corrected chi connectivity index (χ1v) is 14.0. The number of nitrogens with zero attached hydrogens (tertiary/aromatic N) is 2. The third-order valence-electron chi connectivity index (χ3n) is 8.31. The van der Waals surface area contributed by atoms with E-state index in [9.17, 15) is 20.4 Å². The number of phenolic OH excluding ortho intramolecular Hbond substituents is 4. The van der Waals surface area contributed by atoms with Crippen LogP contribution >= 0.6 is 0 Å². The minimum atomic E-state index is -1.33. The summed E-state index contributed by atoms with van der Waals surface area (Å²) < 4.78 is 0. The first kappa shape index (κ1) is 26.3. The summed E-state index contributed by atoms with van der Waals surface area (Å²) in [6.07, 6.45) is 3.08. The number of phenols is 4. The summed E-state index contributed by atoms with van der Waals surface area (Å²) in [6, 6.07) is 30.3. The molecule has 4 N–H and O–H groups in total. The topological polar surface area (TPSA) is 106 Å². The summed E-state index contributed by atoms with van der Waals surface area (Å²) >= 11 is 0. The zero-order valence-corrected chi connectivity index (χ0v) is 23.6. The Morgan fingerprint density at radius 3 is 1.40 bits per heavy atom. The van der Waals surface area contributed by atoms with Crippen molar-refractivity contribution in [2.24, 2.45) is 9.98 Å². The van der Waals surface area contributed by atoms with Crippen LogP contribution in [0.1, 0.15) is 33.4 Å². The van der Waals surface area contributed by atoms with Crippen LogP contribution in [-0.4, -0.2) is 32.9 Å². The average Bonchev–Trinajstić information content (AvgIpc) is 3.32. The summed E-state index contributed by atoms with van der Waals surface area (Å²) in [5, 5.41) is 46.1. The SMILES string of the molecule is Cc1cc2ccccc2c2c1C(/N=C/c1cccc(O)c1O)(/N=C/c1cccc(O)c1O)c1c(C)cc3ccccc3c1-2. The van der Waals surface area contributed by atoms with Gasteiger partial charge < -0.3 is 20.4 Å². The Labute approximate surface area is 248 Å². The maximum Gasteiger partial charge on any atom is 0.202 e. The summed E-state index contributed by atoms with van der Waals surface area (Å²) in [5.74, 6) is -1.05. The van der Waals surface area contributed by atoms with Crippen LogP contribution in [0.3, 0.4) is 0 Å². The van der Waals surface area contributed by atoms with Gasteiger partial charge in [-0.3, -0.25) is 9.98 Å². The minimum absolute atomic E-state index is 0.247. The number of aromatic hydroxyl groups is 4. The molecule has 6 heteroatoms. The van der Waals surface area contributed by atoms with Crippen molar-refractivity contribution in [1.29, 1.82) is 0 Å². The predicted molar refractivity (Wildman–Crippen MR) is 172 cm³/mol. The lowest BCUT2D eigenvalue weighted by Crippen LogP contribution is -2.23. The molecular weight excluding hydrogens is 536 g/mol. The average molecular weight is 565 g/mol. The Bertz CT molecular complexity index is 2010. The Kier molecular flexibility index (Phi) is 5.95. The summed E-state index contributed by atoms with van der Waals surface area (Å²) in [6.45, 7) is 4.10. The van der Waals surface area contributed by atoms with Gasteiger partial charge in [0.25, 0.3) is 0 Å². The lowest BCUT2D eigenvalue weighted by atomic mass is 9.89. The van der Waals surface area contributed by atoms with Crippen molar-refractivity contribution < 1.29 is 20.4 Å². The normalized spacial score (nSPS) is 13.7. The monoisotopic (exact) mass is 564 g/mol. The fourth-order valence-electron chi connectivity index (χ4n) is 6.44. The van der Waals surface area contributed by atoms with Gasteiger partial charge in [0.05, 0.1) is 0 Å². The number of benzene rings is 6. The second kappa shape index (κ2) is 9.74. The van der Waals surface area contributed by atoms with E-state index in [4.69, 9.17) is 9.98 Å². The molecule has 0 fully saturated rings. The van der Waals surface area contributed by atoms with Crippen molar-refractivity contribution in [1.82, 2.24) is 0 Å². The Morgan fingerprint density at radius 2 is 0.953 bits per heavy atom. The number of rotatable bonds is 4. The quantitative estimate of drug-likeness (QED) is 0.129. The van der Waals surface area contributed by atoms with Gasteiger partial charge in [-0.15, -0.1) is 0 Å². The van der Waals surface area contributed by atoms with Crippen molar-refractivity contribution in [3.8, 4) is 34.1 Å². The van der Waals surface area contributed by atoms with Gasteiger partial charge in [-0.2, -0.15) is 0 Å². The van der Waals surface area contributed by atoms with Crippen molar-refractivity contribution in [2.75, 3.05) is 0 Å². The number of aliphatic imine (C=N–C) groups is 2. The first-order chi connectivity index (χ1) is 20.8. The largest absolute Gasteiger partial charge is 0.504 e. The van der Waals surface area contributed by atoms with Gasteiger partial charge in [0.1, 0.15) is 0 Å². The van der Waals surface area contributed by atoms with Crippen molar-refractivity contribution in [2.45, 2.75) is 19.5 Å². The molecule has 1 aliphatic rings. The van der Waals surface area contributed by atoms with Gasteiger partial charge in [0, 0.05) is 34.7 Å². The number of hydrogen-bond donors (Lipinski definition) is 4. The van der Waals surface area contributed by atoms with Crippen molar-refractivity contribution in [3.05, 3.63) is 130 Å². The molecular formula is C37H28N2O4. The maximum atomic E-state index is 10.7. The Balaban J connectivity index is 1.65. The molecule has 7 rings (SSSR count). The minimum Gasteiger partial charge on any atom is -0.504 e. The highest BCUT2D eigenvalue weighted by atomic mass is 16.3. The fourth-order valence-corrected chi connectivity index (χ4v) is 6.44. The molecule has 6 nitrogen and oxygen atoms in total. The summed E-state index contributed by atoms with van der Waals surface area (Å²) in [4.78, 5) is 10.3. The molecule has 1 aliphatic carbocycles. The zero-order chi connectivity index (χ0) is 29.9. The molecule has 6 aromatic carbocycles. The number of fused-ring (bicyclic) bond motifs is 7. The molecule has 0 saturated carbocycles. The van der Waals surface area contributed by atoms with Gasteiger partial charge in [-0.05, 0) is 81.9 Å². The standard InChI is InChI=1S/C37H28N2O4/c1-21-17-23-9-3-5-13-27(23)31-32-28-14-6-4-10-24(28)18-22(2)34(32)37(33(21)31,38-19-25-11-7-15-29(40)35(25)42)39-20-26-12-8-16-30(41)36(26)43/h3-20,40-43H,1-2H3/b38-19+,39-20+. The van der Waals surface area contributed by atoms with Crippen LogP contribution in [0.15, 0.2) is 107 Å². The summed E-state index contributed by atoms with van der Waals surface area (Å²) in [5.41, 5.74) is 5.11. The van der Waals surface area contributed by atoms with E-state index in [0.29, 0.717) is 11.1 Å². The maximum absolute atomic E-state index is 10.7. The Hall–Kier alpha value is -5.62. The molecule has 0 radical (unpaired) electrons. The van der Waals surface area contributed by atoms with Gasteiger partial charge in [-0.25, -0.2) is 0 Å². The smallest absolute Gasteiger partial charge is 0.202 e. The highest BCUT2D eigenvalue weighted by Crippen LogP contribution is 2.57. The van der Waals surface area contributed by atoms with Crippen LogP contribution in [0.25, 0.3) is 32.7 Å². The molecule has 0 spiro atoms. The van der Waals surface area contributed by atoms with E-state index in [0.717, 1.165) is 54.9 Å². The second-order valence-electron chi connectivity index (χ2n) is 10.9.